The summed E-state index contributed by atoms with van der Waals surface area (Å²) in [6, 6.07) is 9.96. The highest BCUT2D eigenvalue weighted by Gasteiger charge is 2.22. The molecule has 0 bridgehead atoms. The van der Waals surface area contributed by atoms with E-state index in [9.17, 15) is 19.5 Å². The highest BCUT2D eigenvalue weighted by Crippen LogP contribution is 2.33. The number of esters is 2. The topological polar surface area (TPSA) is 102 Å². The average Bonchev–Trinajstić information content (AvgIpc) is 3.10. The fraction of sp³-hybridized carbons (Fsp3) is 0.350. The molecule has 28 heavy (non-hydrogen) atoms. The van der Waals surface area contributed by atoms with Crippen molar-refractivity contribution < 1.29 is 29.0 Å². The number of anilines is 1. The van der Waals surface area contributed by atoms with Crippen molar-refractivity contribution in [2.24, 2.45) is 0 Å². The number of rotatable bonds is 8. The molecule has 0 radical (unpaired) electrons. The largest absolute Gasteiger partial charge is 0.462 e. The van der Waals surface area contributed by atoms with Gasteiger partial charge in [0.2, 0.25) is 0 Å². The van der Waals surface area contributed by atoms with Crippen LogP contribution in [-0.2, 0) is 19.1 Å². The van der Waals surface area contributed by atoms with E-state index in [-0.39, 0.29) is 18.1 Å². The smallest absolute Gasteiger partial charge is 0.341 e. The van der Waals surface area contributed by atoms with Crippen LogP contribution in [0.3, 0.4) is 0 Å². The number of thiophene rings is 1. The van der Waals surface area contributed by atoms with Crippen LogP contribution in [0.4, 0.5) is 5.00 Å². The summed E-state index contributed by atoms with van der Waals surface area (Å²) in [4.78, 5) is 37.1. The molecule has 1 amide bonds. The lowest BCUT2D eigenvalue weighted by Gasteiger charge is -2.11. The zero-order valence-electron chi connectivity index (χ0n) is 15.9. The van der Waals surface area contributed by atoms with Crippen molar-refractivity contribution in [3.05, 3.63) is 52.4 Å². The molecule has 0 fully saturated rings. The van der Waals surface area contributed by atoms with Crippen LogP contribution in [0.25, 0.3) is 0 Å². The highest BCUT2D eigenvalue weighted by atomic mass is 32.1. The minimum absolute atomic E-state index is 0.169. The molecule has 0 aliphatic carbocycles. The van der Waals surface area contributed by atoms with Gasteiger partial charge in [-0.1, -0.05) is 44.2 Å². The number of ether oxygens (including phenoxy) is 2. The van der Waals surface area contributed by atoms with Crippen molar-refractivity contribution in [1.82, 2.24) is 0 Å². The van der Waals surface area contributed by atoms with Gasteiger partial charge in [0.05, 0.1) is 12.2 Å². The molecule has 0 unspecified atom stereocenters. The summed E-state index contributed by atoms with van der Waals surface area (Å²) in [7, 11) is 0. The summed E-state index contributed by atoms with van der Waals surface area (Å²) >= 11 is 1.26. The Balaban J connectivity index is 2.00. The van der Waals surface area contributed by atoms with Crippen LogP contribution in [0, 0.1) is 0 Å². The Labute approximate surface area is 167 Å². The van der Waals surface area contributed by atoms with Crippen molar-refractivity contribution in [1.29, 1.82) is 0 Å². The van der Waals surface area contributed by atoms with Crippen LogP contribution < -0.4 is 5.32 Å². The van der Waals surface area contributed by atoms with Gasteiger partial charge in [-0.3, -0.25) is 4.79 Å². The Bertz CT molecular complexity index is 830. The maximum atomic E-state index is 12.2. The first-order valence-electron chi connectivity index (χ1n) is 8.83. The zero-order valence-corrected chi connectivity index (χ0v) is 16.7. The second-order valence-corrected chi connectivity index (χ2v) is 7.32. The molecular weight excluding hydrogens is 382 g/mol. The van der Waals surface area contributed by atoms with E-state index in [1.54, 1.807) is 43.3 Å². The number of benzene rings is 1. The number of amides is 1. The second-order valence-electron chi connectivity index (χ2n) is 6.24. The number of aliphatic hydroxyl groups is 1. The molecule has 0 saturated carbocycles. The van der Waals surface area contributed by atoms with Gasteiger partial charge >= 0.3 is 11.9 Å². The monoisotopic (exact) mass is 405 g/mol. The second kappa shape index (κ2) is 10.0. The fourth-order valence-corrected chi connectivity index (χ4v) is 3.36. The lowest BCUT2D eigenvalue weighted by atomic mass is 10.1. The number of hydrogen-bond donors (Lipinski definition) is 2. The third kappa shape index (κ3) is 5.64. The summed E-state index contributed by atoms with van der Waals surface area (Å²) < 4.78 is 9.90. The average molecular weight is 405 g/mol. The molecule has 0 spiro atoms. The lowest BCUT2D eigenvalue weighted by molar-refractivity contribution is -0.156. The number of nitrogens with one attached hydrogen (secondary N) is 1. The Morgan fingerprint density at radius 1 is 1.14 bits per heavy atom. The lowest BCUT2D eigenvalue weighted by Crippen LogP contribution is -2.24. The van der Waals surface area contributed by atoms with E-state index < -0.39 is 30.6 Å². The summed E-state index contributed by atoms with van der Waals surface area (Å²) in [6.07, 6.45) is -1.47. The molecule has 8 heteroatoms. The van der Waals surface area contributed by atoms with Crippen LogP contribution in [-0.4, -0.2) is 36.2 Å². The molecular formula is C20H23NO6S. The van der Waals surface area contributed by atoms with Crippen LogP contribution in [0.1, 0.15) is 53.6 Å². The van der Waals surface area contributed by atoms with Gasteiger partial charge in [-0.2, -0.15) is 0 Å². The Morgan fingerprint density at radius 2 is 1.82 bits per heavy atom. The molecule has 1 aromatic heterocycles. The quantitative estimate of drug-likeness (QED) is 0.654. The standard InChI is InChI=1S/C20H23NO6S/c1-4-26-19(24)14-10-15(12(2)3)28-18(14)21-16(22)11-27-20(25)17(23)13-8-6-5-7-9-13/h5-10,12,17,23H,4,11H2,1-3H3,(H,21,22)/t17-/m0/s1. The molecule has 2 N–H and O–H groups in total. The van der Waals surface area contributed by atoms with Gasteiger partial charge in [0, 0.05) is 4.88 Å². The maximum absolute atomic E-state index is 12.2. The molecule has 2 aromatic rings. The van der Waals surface area contributed by atoms with Crippen LogP contribution in [0.2, 0.25) is 0 Å². The number of carbonyl (C=O) groups is 3. The van der Waals surface area contributed by atoms with Gasteiger partial charge in [0.25, 0.3) is 5.91 Å². The van der Waals surface area contributed by atoms with Crippen LogP contribution >= 0.6 is 11.3 Å². The summed E-state index contributed by atoms with van der Waals surface area (Å²) in [5.41, 5.74) is 0.636. The Kier molecular flexibility index (Phi) is 7.71. The summed E-state index contributed by atoms with van der Waals surface area (Å²) in [5, 5.41) is 12.9. The van der Waals surface area contributed by atoms with Gasteiger partial charge in [0.15, 0.2) is 12.7 Å². The van der Waals surface area contributed by atoms with Gasteiger partial charge in [-0.25, -0.2) is 9.59 Å². The van der Waals surface area contributed by atoms with E-state index in [1.807, 2.05) is 13.8 Å². The first-order valence-corrected chi connectivity index (χ1v) is 9.65. The predicted octanol–water partition coefficient (Wildman–Crippen LogP) is 3.26. The van der Waals surface area contributed by atoms with E-state index in [2.05, 4.69) is 5.32 Å². The Morgan fingerprint density at radius 3 is 2.43 bits per heavy atom. The third-order valence-electron chi connectivity index (χ3n) is 3.75. The molecule has 1 aromatic carbocycles. The van der Waals surface area contributed by atoms with Crippen LogP contribution in [0.5, 0.6) is 0 Å². The van der Waals surface area contributed by atoms with E-state index in [0.717, 1.165) is 4.88 Å². The molecule has 7 nitrogen and oxygen atoms in total. The molecule has 1 heterocycles. The molecule has 2 rings (SSSR count). The maximum Gasteiger partial charge on any atom is 0.341 e. The van der Waals surface area contributed by atoms with E-state index in [1.165, 1.54) is 11.3 Å². The van der Waals surface area contributed by atoms with Gasteiger partial charge in [0.1, 0.15) is 5.00 Å². The van der Waals surface area contributed by atoms with Gasteiger partial charge in [-0.05, 0) is 24.5 Å². The first kappa shape index (κ1) is 21.6. The summed E-state index contributed by atoms with van der Waals surface area (Å²) in [5.74, 6) is -1.91. The third-order valence-corrected chi connectivity index (χ3v) is 5.10. The number of carbonyl (C=O) groups excluding carboxylic acids is 3. The first-order chi connectivity index (χ1) is 13.3. The van der Waals surface area contributed by atoms with Gasteiger partial charge in [-0.15, -0.1) is 11.3 Å². The number of hydrogen-bond acceptors (Lipinski definition) is 7. The minimum Gasteiger partial charge on any atom is -0.462 e. The zero-order chi connectivity index (χ0) is 20.7. The van der Waals surface area contributed by atoms with Crippen molar-refractivity contribution in [3.63, 3.8) is 0 Å². The van der Waals surface area contributed by atoms with Crippen molar-refractivity contribution in [3.8, 4) is 0 Å². The van der Waals surface area contributed by atoms with Crippen molar-refractivity contribution >= 4 is 34.2 Å². The summed E-state index contributed by atoms with van der Waals surface area (Å²) in [6.45, 7) is 5.27. The fourth-order valence-electron chi connectivity index (χ4n) is 2.30. The minimum atomic E-state index is -1.47. The van der Waals surface area contributed by atoms with E-state index in [0.29, 0.717) is 10.6 Å². The molecule has 0 saturated heterocycles. The molecule has 1 atom stereocenters. The molecule has 0 aliphatic heterocycles. The van der Waals surface area contributed by atoms with Crippen LogP contribution in [0.15, 0.2) is 36.4 Å². The normalized spacial score (nSPS) is 11.8. The predicted molar refractivity (Wildman–Crippen MR) is 105 cm³/mol. The SMILES string of the molecule is CCOC(=O)c1cc(C(C)C)sc1NC(=O)COC(=O)[C@@H](O)c1ccccc1. The van der Waals surface area contributed by atoms with Crippen molar-refractivity contribution in [2.75, 3.05) is 18.5 Å². The molecule has 150 valence electrons. The molecule has 0 aliphatic rings. The van der Waals surface area contributed by atoms with E-state index >= 15 is 0 Å². The number of aliphatic hydroxyl groups excluding tert-OH is 1. The highest BCUT2D eigenvalue weighted by molar-refractivity contribution is 7.16. The Hall–Kier alpha value is -2.71. The van der Waals surface area contributed by atoms with Gasteiger partial charge < -0.3 is 19.9 Å². The van der Waals surface area contributed by atoms with E-state index in [4.69, 9.17) is 9.47 Å². The van der Waals surface area contributed by atoms with Crippen molar-refractivity contribution in [2.45, 2.75) is 32.8 Å².